The molecule has 1 aliphatic heterocycles. The Hall–Kier alpha value is -2.86. The second-order valence-electron chi connectivity index (χ2n) is 6.60. The van der Waals surface area contributed by atoms with Crippen LogP contribution in [0.4, 0.5) is 0 Å². The quantitative estimate of drug-likeness (QED) is 0.709. The Morgan fingerprint density at radius 3 is 2.73 bits per heavy atom. The summed E-state index contributed by atoms with van der Waals surface area (Å²) >= 11 is 0. The molecule has 132 valence electrons. The molecule has 0 radical (unpaired) electrons. The number of aromatic nitrogens is 4. The van der Waals surface area contributed by atoms with Gasteiger partial charge in [0.2, 0.25) is 0 Å². The molecular weight excluding hydrogens is 326 g/mol. The SMILES string of the molecule is O=c1ccc(-c2ccncc2)nn1CC1CCCN1Cc1cccnc1. The van der Waals surface area contributed by atoms with Crippen molar-refractivity contribution in [2.75, 3.05) is 6.54 Å². The van der Waals surface area contributed by atoms with Crippen LogP contribution in [0.3, 0.4) is 0 Å². The van der Waals surface area contributed by atoms with E-state index in [-0.39, 0.29) is 5.56 Å². The van der Waals surface area contributed by atoms with Gasteiger partial charge in [0, 0.05) is 49.0 Å². The third kappa shape index (κ3) is 3.70. The van der Waals surface area contributed by atoms with E-state index >= 15 is 0 Å². The van der Waals surface area contributed by atoms with Crippen molar-refractivity contribution in [1.29, 1.82) is 0 Å². The molecule has 26 heavy (non-hydrogen) atoms. The minimum absolute atomic E-state index is 0.0592. The van der Waals surface area contributed by atoms with E-state index in [9.17, 15) is 4.79 Å². The fraction of sp³-hybridized carbons (Fsp3) is 0.300. The molecule has 4 rings (SSSR count). The Labute approximate surface area is 152 Å². The standard InChI is InChI=1S/C20H21N5O/c26-20-6-5-19(17-7-10-21-11-8-17)23-25(20)15-18-4-2-12-24(18)14-16-3-1-9-22-13-16/h1,3,5-11,13,18H,2,4,12,14-15H2. The summed E-state index contributed by atoms with van der Waals surface area (Å²) in [5, 5.41) is 4.58. The van der Waals surface area contributed by atoms with E-state index in [1.807, 2.05) is 24.4 Å². The van der Waals surface area contributed by atoms with Crippen molar-refractivity contribution in [2.45, 2.75) is 32.0 Å². The van der Waals surface area contributed by atoms with Crippen LogP contribution in [0.25, 0.3) is 11.3 Å². The lowest BCUT2D eigenvalue weighted by Gasteiger charge is -2.24. The van der Waals surface area contributed by atoms with E-state index in [1.54, 1.807) is 35.4 Å². The van der Waals surface area contributed by atoms with E-state index in [0.717, 1.165) is 37.2 Å². The molecule has 0 aromatic carbocycles. The molecule has 3 aromatic heterocycles. The minimum Gasteiger partial charge on any atom is -0.294 e. The summed E-state index contributed by atoms with van der Waals surface area (Å²) in [7, 11) is 0. The Morgan fingerprint density at radius 1 is 1.04 bits per heavy atom. The second kappa shape index (κ2) is 7.58. The van der Waals surface area contributed by atoms with Crippen LogP contribution in [0.1, 0.15) is 18.4 Å². The smallest absolute Gasteiger partial charge is 0.266 e. The van der Waals surface area contributed by atoms with Crippen molar-refractivity contribution in [1.82, 2.24) is 24.6 Å². The molecule has 1 aliphatic rings. The first-order valence-corrected chi connectivity index (χ1v) is 8.91. The normalized spacial score (nSPS) is 17.5. The lowest BCUT2D eigenvalue weighted by Crippen LogP contribution is -2.36. The molecule has 1 unspecified atom stereocenters. The Morgan fingerprint density at radius 2 is 1.92 bits per heavy atom. The van der Waals surface area contributed by atoms with Gasteiger partial charge in [-0.15, -0.1) is 0 Å². The molecule has 6 nitrogen and oxygen atoms in total. The van der Waals surface area contributed by atoms with Gasteiger partial charge < -0.3 is 0 Å². The summed E-state index contributed by atoms with van der Waals surface area (Å²) in [5.41, 5.74) is 2.90. The summed E-state index contributed by atoms with van der Waals surface area (Å²) in [4.78, 5) is 23.0. The van der Waals surface area contributed by atoms with Crippen molar-refractivity contribution in [3.05, 3.63) is 77.1 Å². The lowest BCUT2D eigenvalue weighted by atomic mass is 10.2. The maximum Gasteiger partial charge on any atom is 0.266 e. The van der Waals surface area contributed by atoms with Crippen LogP contribution in [-0.4, -0.2) is 37.2 Å². The summed E-state index contributed by atoms with van der Waals surface area (Å²) in [6, 6.07) is 11.6. The van der Waals surface area contributed by atoms with Gasteiger partial charge in [-0.05, 0) is 49.2 Å². The largest absolute Gasteiger partial charge is 0.294 e. The lowest BCUT2D eigenvalue weighted by molar-refractivity contribution is 0.216. The zero-order chi connectivity index (χ0) is 17.8. The summed E-state index contributed by atoms with van der Waals surface area (Å²) in [6.45, 7) is 2.51. The number of pyridine rings is 2. The van der Waals surface area contributed by atoms with Crippen LogP contribution in [0.2, 0.25) is 0 Å². The fourth-order valence-electron chi connectivity index (χ4n) is 3.49. The summed E-state index contributed by atoms with van der Waals surface area (Å²) in [6.07, 6.45) is 9.39. The van der Waals surface area contributed by atoms with Crippen LogP contribution in [0.15, 0.2) is 66.0 Å². The molecule has 0 saturated carbocycles. The zero-order valence-corrected chi connectivity index (χ0v) is 14.5. The monoisotopic (exact) mass is 347 g/mol. The maximum absolute atomic E-state index is 12.3. The summed E-state index contributed by atoms with van der Waals surface area (Å²) < 4.78 is 1.60. The number of likely N-dealkylation sites (tertiary alicyclic amines) is 1. The van der Waals surface area contributed by atoms with Crippen LogP contribution in [0, 0.1) is 0 Å². The predicted molar refractivity (Wildman–Crippen MR) is 99.4 cm³/mol. The molecule has 3 aromatic rings. The molecular formula is C20H21N5O. The van der Waals surface area contributed by atoms with Crippen molar-refractivity contribution >= 4 is 0 Å². The Balaban J connectivity index is 1.53. The van der Waals surface area contributed by atoms with Crippen molar-refractivity contribution in [3.63, 3.8) is 0 Å². The van der Waals surface area contributed by atoms with E-state index in [1.165, 1.54) is 5.56 Å². The molecule has 1 fully saturated rings. The van der Waals surface area contributed by atoms with Gasteiger partial charge in [0.25, 0.3) is 5.56 Å². The third-order valence-electron chi connectivity index (χ3n) is 4.83. The number of nitrogens with zero attached hydrogens (tertiary/aromatic N) is 5. The molecule has 6 heteroatoms. The van der Waals surface area contributed by atoms with Gasteiger partial charge in [0.1, 0.15) is 0 Å². The van der Waals surface area contributed by atoms with Gasteiger partial charge in [0.05, 0.1) is 12.2 Å². The van der Waals surface area contributed by atoms with Crippen LogP contribution in [-0.2, 0) is 13.1 Å². The first-order valence-electron chi connectivity index (χ1n) is 8.91. The van der Waals surface area contributed by atoms with Gasteiger partial charge in [0.15, 0.2) is 0 Å². The molecule has 0 spiro atoms. The van der Waals surface area contributed by atoms with Crippen molar-refractivity contribution < 1.29 is 0 Å². The Kier molecular flexibility index (Phi) is 4.84. The topological polar surface area (TPSA) is 63.9 Å². The molecule has 0 N–H and O–H groups in total. The van der Waals surface area contributed by atoms with E-state index in [4.69, 9.17) is 0 Å². The fourth-order valence-corrected chi connectivity index (χ4v) is 3.49. The van der Waals surface area contributed by atoms with Crippen molar-refractivity contribution in [2.24, 2.45) is 0 Å². The highest BCUT2D eigenvalue weighted by molar-refractivity contribution is 5.56. The highest BCUT2D eigenvalue weighted by Crippen LogP contribution is 2.21. The van der Waals surface area contributed by atoms with Gasteiger partial charge in [-0.3, -0.25) is 19.7 Å². The van der Waals surface area contributed by atoms with Crippen molar-refractivity contribution in [3.8, 4) is 11.3 Å². The average Bonchev–Trinajstić information content (AvgIpc) is 3.12. The second-order valence-corrected chi connectivity index (χ2v) is 6.60. The van der Waals surface area contributed by atoms with E-state index in [0.29, 0.717) is 12.6 Å². The van der Waals surface area contributed by atoms with Gasteiger partial charge in [-0.1, -0.05) is 6.07 Å². The Bertz CT molecular complexity index is 910. The average molecular weight is 347 g/mol. The molecule has 0 bridgehead atoms. The molecule has 1 saturated heterocycles. The molecule has 0 amide bonds. The number of hydrogen-bond acceptors (Lipinski definition) is 5. The number of rotatable bonds is 5. The maximum atomic E-state index is 12.3. The minimum atomic E-state index is -0.0592. The van der Waals surface area contributed by atoms with Crippen LogP contribution < -0.4 is 5.56 Å². The summed E-state index contributed by atoms with van der Waals surface area (Å²) in [5.74, 6) is 0. The van der Waals surface area contributed by atoms with E-state index < -0.39 is 0 Å². The predicted octanol–water partition coefficient (Wildman–Crippen LogP) is 2.36. The van der Waals surface area contributed by atoms with Crippen LogP contribution in [0.5, 0.6) is 0 Å². The zero-order valence-electron chi connectivity index (χ0n) is 14.5. The highest BCUT2D eigenvalue weighted by Gasteiger charge is 2.25. The first kappa shape index (κ1) is 16.6. The molecule has 0 aliphatic carbocycles. The molecule has 1 atom stereocenters. The van der Waals surface area contributed by atoms with Gasteiger partial charge in [-0.25, -0.2) is 4.68 Å². The molecule has 4 heterocycles. The van der Waals surface area contributed by atoms with Crippen LogP contribution >= 0.6 is 0 Å². The third-order valence-corrected chi connectivity index (χ3v) is 4.83. The first-order chi connectivity index (χ1) is 12.8. The van der Waals surface area contributed by atoms with Gasteiger partial charge >= 0.3 is 0 Å². The number of hydrogen-bond donors (Lipinski definition) is 0. The van der Waals surface area contributed by atoms with Gasteiger partial charge in [-0.2, -0.15) is 5.10 Å². The van der Waals surface area contributed by atoms with E-state index in [2.05, 4.69) is 26.0 Å². The highest BCUT2D eigenvalue weighted by atomic mass is 16.1.